The summed E-state index contributed by atoms with van der Waals surface area (Å²) in [5.74, 6) is 1.86. The van der Waals surface area contributed by atoms with E-state index in [0.717, 1.165) is 16.3 Å². The second-order valence-electron chi connectivity index (χ2n) is 6.99. The number of nitrogens with zero attached hydrogens (tertiary/aromatic N) is 2. The molecule has 0 saturated heterocycles. The lowest BCUT2D eigenvalue weighted by molar-refractivity contribution is -0.128. The summed E-state index contributed by atoms with van der Waals surface area (Å²) < 4.78 is 16.4. The quantitative estimate of drug-likeness (QED) is 0.458. The number of nitrogens with one attached hydrogen (secondary N) is 1. The second kappa shape index (κ2) is 9.30. The van der Waals surface area contributed by atoms with Gasteiger partial charge in [-0.1, -0.05) is 54.5 Å². The Balaban J connectivity index is 1.38. The molecule has 0 aliphatic heterocycles. The van der Waals surface area contributed by atoms with Crippen molar-refractivity contribution in [3.63, 3.8) is 0 Å². The Morgan fingerprint density at radius 2 is 1.87 bits per heavy atom. The first-order valence-electron chi connectivity index (χ1n) is 10.1. The third-order valence-corrected chi connectivity index (χ3v) is 4.87. The molecule has 31 heavy (non-hydrogen) atoms. The second-order valence-corrected chi connectivity index (χ2v) is 6.99. The highest BCUT2D eigenvalue weighted by atomic mass is 16.5. The van der Waals surface area contributed by atoms with Crippen molar-refractivity contribution in [2.75, 3.05) is 7.11 Å². The highest BCUT2D eigenvalue weighted by molar-refractivity contribution is 5.84. The van der Waals surface area contributed by atoms with E-state index in [0.29, 0.717) is 29.6 Å². The van der Waals surface area contributed by atoms with Gasteiger partial charge in [-0.3, -0.25) is 4.79 Å². The van der Waals surface area contributed by atoms with E-state index in [2.05, 4.69) is 15.5 Å². The molecule has 1 atom stereocenters. The molecule has 0 saturated carbocycles. The predicted octanol–water partition coefficient (Wildman–Crippen LogP) is 4.37. The van der Waals surface area contributed by atoms with Gasteiger partial charge in [-0.15, -0.1) is 0 Å². The largest absolute Gasteiger partial charge is 0.497 e. The average molecular weight is 417 g/mol. The lowest BCUT2D eigenvalue weighted by atomic mass is 10.1. The lowest BCUT2D eigenvalue weighted by Crippen LogP contribution is -2.37. The van der Waals surface area contributed by atoms with Gasteiger partial charge in [-0.25, -0.2) is 0 Å². The van der Waals surface area contributed by atoms with Crippen LogP contribution in [0.25, 0.3) is 22.2 Å². The minimum atomic E-state index is -0.623. The first-order valence-corrected chi connectivity index (χ1v) is 10.1. The molecule has 0 spiro atoms. The number of methoxy groups -OCH3 is 1. The van der Waals surface area contributed by atoms with Crippen LogP contribution in [0, 0.1) is 0 Å². The Kier molecular flexibility index (Phi) is 6.12. The summed E-state index contributed by atoms with van der Waals surface area (Å²) in [7, 11) is 1.60. The van der Waals surface area contributed by atoms with Gasteiger partial charge in [0.1, 0.15) is 11.5 Å². The SMILES string of the molecule is CC[C@H](Oc1ccc2ccccc2c1)C(=O)NCc1nc(-c2cccc(OC)c2)no1. The third-order valence-electron chi connectivity index (χ3n) is 4.87. The molecule has 4 rings (SSSR count). The van der Waals surface area contributed by atoms with Crippen LogP contribution in [0.5, 0.6) is 11.5 Å². The number of hydrogen-bond acceptors (Lipinski definition) is 6. The topological polar surface area (TPSA) is 86.5 Å². The van der Waals surface area contributed by atoms with Crippen LogP contribution in [-0.4, -0.2) is 29.3 Å². The van der Waals surface area contributed by atoms with E-state index in [-0.39, 0.29) is 12.5 Å². The summed E-state index contributed by atoms with van der Waals surface area (Å²) in [4.78, 5) is 17.0. The van der Waals surface area contributed by atoms with Crippen LogP contribution in [0.2, 0.25) is 0 Å². The normalized spacial score (nSPS) is 11.8. The van der Waals surface area contributed by atoms with Gasteiger partial charge >= 0.3 is 0 Å². The van der Waals surface area contributed by atoms with Gasteiger partial charge in [-0.2, -0.15) is 4.98 Å². The number of hydrogen-bond donors (Lipinski definition) is 1. The minimum absolute atomic E-state index is 0.118. The highest BCUT2D eigenvalue weighted by Crippen LogP contribution is 2.23. The van der Waals surface area contributed by atoms with Crippen LogP contribution in [0.1, 0.15) is 19.2 Å². The van der Waals surface area contributed by atoms with Gasteiger partial charge in [0.05, 0.1) is 13.7 Å². The van der Waals surface area contributed by atoms with Gasteiger partial charge in [0.15, 0.2) is 6.10 Å². The van der Waals surface area contributed by atoms with Crippen LogP contribution in [-0.2, 0) is 11.3 Å². The molecule has 1 amide bonds. The van der Waals surface area contributed by atoms with Crippen molar-refractivity contribution < 1.29 is 18.8 Å². The Bertz CT molecular complexity index is 1190. The fourth-order valence-corrected chi connectivity index (χ4v) is 3.21. The molecule has 7 nitrogen and oxygen atoms in total. The van der Waals surface area contributed by atoms with Crippen LogP contribution >= 0.6 is 0 Å². The van der Waals surface area contributed by atoms with Gasteiger partial charge in [0.25, 0.3) is 5.91 Å². The summed E-state index contributed by atoms with van der Waals surface area (Å²) in [5, 5.41) is 8.97. The van der Waals surface area contributed by atoms with Crippen molar-refractivity contribution in [2.24, 2.45) is 0 Å². The zero-order valence-corrected chi connectivity index (χ0v) is 17.4. The van der Waals surface area contributed by atoms with E-state index in [1.54, 1.807) is 7.11 Å². The van der Waals surface area contributed by atoms with Gasteiger partial charge in [-0.05, 0) is 41.5 Å². The Morgan fingerprint density at radius 3 is 2.68 bits per heavy atom. The molecule has 3 aromatic carbocycles. The van der Waals surface area contributed by atoms with Crippen LogP contribution in [0.4, 0.5) is 0 Å². The fourth-order valence-electron chi connectivity index (χ4n) is 3.21. The molecule has 0 aliphatic rings. The number of benzene rings is 3. The standard InChI is InChI=1S/C24H23N3O4/c1-3-21(30-20-12-11-16-7-4-5-8-17(16)13-20)24(28)25-15-22-26-23(27-31-22)18-9-6-10-19(14-18)29-2/h4-14,21H,3,15H2,1-2H3,(H,25,28)/t21-/m0/s1. The summed E-state index contributed by atoms with van der Waals surface area (Å²) in [6.07, 6.45) is -0.0979. The number of aromatic nitrogens is 2. The minimum Gasteiger partial charge on any atom is -0.497 e. The molecule has 158 valence electrons. The Labute approximate surface area is 180 Å². The van der Waals surface area contributed by atoms with Crippen LogP contribution in [0.3, 0.4) is 0 Å². The molecule has 0 aliphatic carbocycles. The monoisotopic (exact) mass is 417 g/mol. The van der Waals surface area contributed by atoms with Crippen molar-refractivity contribution in [1.29, 1.82) is 0 Å². The third kappa shape index (κ3) is 4.83. The first-order chi connectivity index (χ1) is 15.2. The van der Waals surface area contributed by atoms with Crippen molar-refractivity contribution in [1.82, 2.24) is 15.5 Å². The molecular formula is C24H23N3O4. The van der Waals surface area contributed by atoms with Crippen molar-refractivity contribution in [3.05, 3.63) is 72.6 Å². The van der Waals surface area contributed by atoms with Crippen molar-refractivity contribution in [3.8, 4) is 22.9 Å². The Hall–Kier alpha value is -3.87. The number of fused-ring (bicyclic) bond motifs is 1. The van der Waals surface area contributed by atoms with Crippen molar-refractivity contribution >= 4 is 16.7 Å². The van der Waals surface area contributed by atoms with Crippen LogP contribution in [0.15, 0.2) is 71.3 Å². The molecule has 0 fully saturated rings. The average Bonchev–Trinajstić information content (AvgIpc) is 3.30. The molecule has 1 aromatic heterocycles. The van der Waals surface area contributed by atoms with E-state index in [1.165, 1.54) is 0 Å². The number of ether oxygens (including phenoxy) is 2. The maximum absolute atomic E-state index is 12.6. The van der Waals surface area contributed by atoms with Gasteiger partial charge in [0.2, 0.25) is 11.7 Å². The summed E-state index contributed by atoms with van der Waals surface area (Å²) in [5.41, 5.74) is 0.770. The smallest absolute Gasteiger partial charge is 0.261 e. The van der Waals surface area contributed by atoms with Crippen LogP contribution < -0.4 is 14.8 Å². The molecule has 0 bridgehead atoms. The summed E-state index contributed by atoms with van der Waals surface area (Å²) in [6.45, 7) is 2.02. The first kappa shape index (κ1) is 20.4. The predicted molar refractivity (Wildman–Crippen MR) is 117 cm³/mol. The molecular weight excluding hydrogens is 394 g/mol. The fraction of sp³-hybridized carbons (Fsp3) is 0.208. The molecule has 1 heterocycles. The summed E-state index contributed by atoms with van der Waals surface area (Å²) >= 11 is 0. The maximum atomic E-state index is 12.6. The molecule has 4 aromatic rings. The molecule has 0 unspecified atom stereocenters. The Morgan fingerprint density at radius 1 is 1.03 bits per heavy atom. The van der Waals surface area contributed by atoms with Gasteiger partial charge in [0, 0.05) is 5.56 Å². The highest BCUT2D eigenvalue weighted by Gasteiger charge is 2.19. The zero-order valence-electron chi connectivity index (χ0n) is 17.4. The zero-order chi connectivity index (χ0) is 21.6. The number of amides is 1. The van der Waals surface area contributed by atoms with Crippen molar-refractivity contribution in [2.45, 2.75) is 26.0 Å². The maximum Gasteiger partial charge on any atom is 0.261 e. The number of carbonyl (C=O) groups excluding carboxylic acids is 1. The van der Waals surface area contributed by atoms with E-state index < -0.39 is 6.10 Å². The van der Waals surface area contributed by atoms with E-state index in [1.807, 2.05) is 73.7 Å². The van der Waals surface area contributed by atoms with E-state index in [9.17, 15) is 4.79 Å². The molecule has 0 radical (unpaired) electrons. The number of carbonyl (C=O) groups is 1. The van der Waals surface area contributed by atoms with E-state index in [4.69, 9.17) is 14.0 Å². The number of rotatable bonds is 8. The van der Waals surface area contributed by atoms with E-state index >= 15 is 0 Å². The molecule has 1 N–H and O–H groups in total. The van der Waals surface area contributed by atoms with Gasteiger partial charge < -0.3 is 19.3 Å². The summed E-state index contributed by atoms with van der Waals surface area (Å²) in [6, 6.07) is 21.2. The molecule has 7 heteroatoms. The lowest BCUT2D eigenvalue weighted by Gasteiger charge is -2.17.